The van der Waals surface area contributed by atoms with E-state index in [9.17, 15) is 4.39 Å². The number of rotatable bonds is 10. The minimum absolute atomic E-state index is 0. The van der Waals surface area contributed by atoms with Crippen LogP contribution in [0.25, 0.3) is 10.9 Å². The zero-order chi connectivity index (χ0) is 22.3. The first-order valence-electron chi connectivity index (χ1n) is 10.7. The van der Waals surface area contributed by atoms with Crippen molar-refractivity contribution in [1.29, 1.82) is 0 Å². The van der Waals surface area contributed by atoms with Crippen LogP contribution in [0.5, 0.6) is 11.5 Å². The summed E-state index contributed by atoms with van der Waals surface area (Å²) >= 11 is 3.62. The molecule has 0 radical (unpaired) electrons. The molecule has 1 aromatic heterocycles. The van der Waals surface area contributed by atoms with E-state index < -0.39 is 0 Å². The van der Waals surface area contributed by atoms with Gasteiger partial charge in [0, 0.05) is 23.6 Å². The first kappa shape index (κ1) is 25.1. The van der Waals surface area contributed by atoms with Crippen molar-refractivity contribution in [2.45, 2.75) is 26.5 Å². The lowest BCUT2D eigenvalue weighted by Crippen LogP contribution is -2.16. The zero-order valence-electron chi connectivity index (χ0n) is 18.4. The summed E-state index contributed by atoms with van der Waals surface area (Å²) in [5.41, 5.74) is 4.48. The Labute approximate surface area is 208 Å². The monoisotopic (exact) mass is 532 g/mol. The van der Waals surface area contributed by atoms with E-state index in [0.717, 1.165) is 35.1 Å². The molecule has 3 aromatic carbocycles. The summed E-state index contributed by atoms with van der Waals surface area (Å²) in [4.78, 5) is 3.33. The average Bonchev–Trinajstić information content (AvgIpc) is 3.21. The second-order valence-electron chi connectivity index (χ2n) is 7.54. The van der Waals surface area contributed by atoms with Crippen molar-refractivity contribution in [2.75, 3.05) is 13.2 Å². The van der Waals surface area contributed by atoms with Crippen LogP contribution in [0.2, 0.25) is 0 Å². The number of halogens is 3. The van der Waals surface area contributed by atoms with Crippen LogP contribution >= 0.6 is 28.3 Å². The van der Waals surface area contributed by atoms with Gasteiger partial charge in [-0.2, -0.15) is 0 Å². The predicted octanol–water partition coefficient (Wildman–Crippen LogP) is 6.80. The lowest BCUT2D eigenvalue weighted by Gasteiger charge is -2.16. The molecule has 174 valence electrons. The number of hydrogen-bond acceptors (Lipinski definition) is 3. The molecule has 0 bridgehead atoms. The van der Waals surface area contributed by atoms with Crippen molar-refractivity contribution in [1.82, 2.24) is 10.3 Å². The van der Waals surface area contributed by atoms with Gasteiger partial charge in [0.15, 0.2) is 11.5 Å². The number of aromatic nitrogens is 1. The Balaban J connectivity index is 0.00000306. The number of aromatic amines is 1. The van der Waals surface area contributed by atoms with Gasteiger partial charge < -0.3 is 19.8 Å². The van der Waals surface area contributed by atoms with E-state index in [1.807, 2.05) is 25.1 Å². The molecule has 0 aliphatic rings. The van der Waals surface area contributed by atoms with Gasteiger partial charge in [-0.1, -0.05) is 30.3 Å². The minimum Gasteiger partial charge on any atom is -0.490 e. The lowest BCUT2D eigenvalue weighted by molar-refractivity contribution is 0.267. The summed E-state index contributed by atoms with van der Waals surface area (Å²) in [5, 5.41) is 4.79. The number of nitrogens with one attached hydrogen (secondary N) is 2. The lowest BCUT2D eigenvalue weighted by atomic mass is 10.1. The summed E-state index contributed by atoms with van der Waals surface area (Å²) in [6.45, 7) is 4.41. The Morgan fingerprint density at radius 3 is 2.58 bits per heavy atom. The molecule has 0 saturated carbocycles. The number of hydrogen-bond donors (Lipinski definition) is 2. The molecule has 33 heavy (non-hydrogen) atoms. The highest BCUT2D eigenvalue weighted by molar-refractivity contribution is 9.10. The van der Waals surface area contributed by atoms with Crippen LogP contribution in [0.4, 0.5) is 4.39 Å². The van der Waals surface area contributed by atoms with Crippen molar-refractivity contribution in [2.24, 2.45) is 0 Å². The van der Waals surface area contributed by atoms with Crippen molar-refractivity contribution in [3.63, 3.8) is 0 Å². The number of ether oxygens (including phenoxy) is 2. The summed E-state index contributed by atoms with van der Waals surface area (Å²) < 4.78 is 25.8. The van der Waals surface area contributed by atoms with Gasteiger partial charge in [0.05, 0.1) is 11.1 Å². The minimum atomic E-state index is -0.258. The summed E-state index contributed by atoms with van der Waals surface area (Å²) in [5.74, 6) is 1.09. The standard InChI is InChI=1S/C26H26BrFN2O2.ClH/c1-2-31-25-14-19(13-23(27)26(25)32-17-18-7-9-21(28)10-8-18)15-29-12-11-20-16-30-24-6-4-3-5-22(20)24;/h3-10,13-14,16,29-30H,2,11-12,15,17H2,1H3;1H. The molecule has 1 heterocycles. The highest BCUT2D eigenvalue weighted by Gasteiger charge is 2.13. The van der Waals surface area contributed by atoms with Crippen molar-refractivity contribution < 1.29 is 13.9 Å². The molecule has 0 saturated heterocycles. The van der Waals surface area contributed by atoms with E-state index in [1.54, 1.807) is 12.1 Å². The van der Waals surface area contributed by atoms with Gasteiger partial charge in [0.2, 0.25) is 0 Å². The topological polar surface area (TPSA) is 46.3 Å². The molecule has 2 N–H and O–H groups in total. The van der Waals surface area contributed by atoms with Crippen LogP contribution in [-0.2, 0) is 19.6 Å². The van der Waals surface area contributed by atoms with Gasteiger partial charge in [0.25, 0.3) is 0 Å². The van der Waals surface area contributed by atoms with Gasteiger partial charge >= 0.3 is 0 Å². The molecule has 0 spiro atoms. The van der Waals surface area contributed by atoms with Crippen LogP contribution in [0.3, 0.4) is 0 Å². The molecule has 0 aliphatic heterocycles. The molecule has 0 unspecified atom stereocenters. The Kier molecular flexibility index (Phi) is 9.18. The van der Waals surface area contributed by atoms with Crippen LogP contribution in [0.15, 0.2) is 71.3 Å². The molecular formula is C26H27BrClFN2O2. The van der Waals surface area contributed by atoms with E-state index >= 15 is 0 Å². The van der Waals surface area contributed by atoms with Crippen LogP contribution in [0, 0.1) is 5.82 Å². The SMILES string of the molecule is CCOc1cc(CNCCc2c[nH]c3ccccc23)cc(Br)c1OCc1ccc(F)cc1.Cl. The van der Waals surface area contributed by atoms with Crippen molar-refractivity contribution in [3.8, 4) is 11.5 Å². The van der Waals surface area contributed by atoms with E-state index in [-0.39, 0.29) is 18.2 Å². The highest BCUT2D eigenvalue weighted by atomic mass is 79.9. The molecule has 4 nitrogen and oxygen atoms in total. The quantitative estimate of drug-likeness (QED) is 0.220. The summed E-state index contributed by atoms with van der Waals surface area (Å²) in [7, 11) is 0. The maximum absolute atomic E-state index is 13.1. The highest BCUT2D eigenvalue weighted by Crippen LogP contribution is 2.37. The molecule has 7 heteroatoms. The molecule has 0 aliphatic carbocycles. The normalized spacial score (nSPS) is 10.8. The van der Waals surface area contributed by atoms with Gasteiger partial charge in [0.1, 0.15) is 12.4 Å². The van der Waals surface area contributed by atoms with Crippen LogP contribution in [0.1, 0.15) is 23.6 Å². The van der Waals surface area contributed by atoms with Gasteiger partial charge in [-0.3, -0.25) is 0 Å². The van der Waals surface area contributed by atoms with Crippen molar-refractivity contribution in [3.05, 3.63) is 93.8 Å². The van der Waals surface area contributed by atoms with Crippen LogP contribution < -0.4 is 14.8 Å². The van der Waals surface area contributed by atoms with Gasteiger partial charge in [-0.25, -0.2) is 4.39 Å². The largest absolute Gasteiger partial charge is 0.490 e. The second kappa shape index (κ2) is 12.1. The summed E-state index contributed by atoms with van der Waals surface area (Å²) in [6.07, 6.45) is 3.03. The Morgan fingerprint density at radius 1 is 1.00 bits per heavy atom. The molecule has 0 atom stereocenters. The Bertz CT molecular complexity index is 1180. The molecule has 4 rings (SSSR count). The third kappa shape index (κ3) is 6.50. The third-order valence-electron chi connectivity index (χ3n) is 5.24. The van der Waals surface area contributed by atoms with E-state index in [1.165, 1.54) is 28.6 Å². The number of H-pyrrole nitrogens is 1. The smallest absolute Gasteiger partial charge is 0.175 e. The molecule has 0 amide bonds. The Hall–Kier alpha value is -2.54. The Morgan fingerprint density at radius 2 is 1.79 bits per heavy atom. The molecule has 4 aromatic rings. The first-order valence-corrected chi connectivity index (χ1v) is 11.5. The summed E-state index contributed by atoms with van der Waals surface area (Å²) in [6, 6.07) is 18.7. The fraction of sp³-hybridized carbons (Fsp3) is 0.231. The van der Waals surface area contributed by atoms with E-state index in [4.69, 9.17) is 9.47 Å². The predicted molar refractivity (Wildman–Crippen MR) is 137 cm³/mol. The maximum atomic E-state index is 13.1. The number of para-hydroxylation sites is 1. The van der Waals surface area contributed by atoms with Crippen molar-refractivity contribution >= 4 is 39.2 Å². The van der Waals surface area contributed by atoms with Gasteiger partial charge in [-0.15, -0.1) is 12.4 Å². The van der Waals surface area contributed by atoms with E-state index in [2.05, 4.69) is 50.6 Å². The fourth-order valence-electron chi connectivity index (χ4n) is 3.66. The number of fused-ring (bicyclic) bond motifs is 1. The fourth-order valence-corrected chi connectivity index (χ4v) is 4.26. The first-order chi connectivity index (χ1) is 15.6. The average molecular weight is 534 g/mol. The molecule has 0 fully saturated rings. The van der Waals surface area contributed by atoms with Crippen LogP contribution in [-0.4, -0.2) is 18.1 Å². The third-order valence-corrected chi connectivity index (χ3v) is 5.83. The second-order valence-corrected chi connectivity index (χ2v) is 8.39. The van der Waals surface area contributed by atoms with E-state index in [0.29, 0.717) is 24.7 Å². The molecular weight excluding hydrogens is 507 g/mol. The maximum Gasteiger partial charge on any atom is 0.175 e. The van der Waals surface area contributed by atoms with Gasteiger partial charge in [-0.05, 0) is 82.8 Å². The zero-order valence-corrected chi connectivity index (χ0v) is 20.8. The number of benzene rings is 3.